The third kappa shape index (κ3) is 3.59. The number of hydrogen-bond acceptors (Lipinski definition) is 5. The number of ether oxygens (including phenoxy) is 1. The summed E-state index contributed by atoms with van der Waals surface area (Å²) in [6.07, 6.45) is 0. The standard InChI is InChI=1S/C23H19FN2O2S/c1-3-28-23(27)21-20(25)19-17(14-8-10-16(24)11-9-14)12-18(26-22(19)29-21)15-6-4-13(2)5-7-15/h4-12H,3,25H2,1-2H3. The Hall–Kier alpha value is -3.25. The van der Waals surface area contributed by atoms with Gasteiger partial charge in [-0.15, -0.1) is 11.3 Å². The van der Waals surface area contributed by atoms with Gasteiger partial charge in [0.05, 0.1) is 18.0 Å². The molecule has 0 saturated carbocycles. The van der Waals surface area contributed by atoms with Gasteiger partial charge in [-0.25, -0.2) is 14.2 Å². The van der Waals surface area contributed by atoms with Crippen molar-refractivity contribution in [1.82, 2.24) is 4.98 Å². The molecule has 4 rings (SSSR count). The molecule has 0 aliphatic carbocycles. The summed E-state index contributed by atoms with van der Waals surface area (Å²) in [5.41, 5.74) is 11.1. The number of benzene rings is 2. The van der Waals surface area contributed by atoms with E-state index < -0.39 is 5.97 Å². The lowest BCUT2D eigenvalue weighted by molar-refractivity contribution is 0.0533. The fraction of sp³-hybridized carbons (Fsp3) is 0.130. The Morgan fingerprint density at radius 1 is 1.10 bits per heavy atom. The zero-order valence-corrected chi connectivity index (χ0v) is 16.8. The lowest BCUT2D eigenvalue weighted by atomic mass is 9.99. The van der Waals surface area contributed by atoms with Crippen molar-refractivity contribution in [3.05, 3.63) is 70.9 Å². The first-order valence-corrected chi connectivity index (χ1v) is 10.0. The number of aromatic nitrogens is 1. The fourth-order valence-corrected chi connectivity index (χ4v) is 4.21. The van der Waals surface area contributed by atoms with E-state index in [-0.39, 0.29) is 12.4 Å². The Kier molecular flexibility index (Phi) is 5.03. The zero-order valence-electron chi connectivity index (χ0n) is 16.0. The Morgan fingerprint density at radius 3 is 2.41 bits per heavy atom. The van der Waals surface area contributed by atoms with Crippen molar-refractivity contribution in [2.75, 3.05) is 12.3 Å². The maximum absolute atomic E-state index is 13.5. The van der Waals surface area contributed by atoms with E-state index in [1.165, 1.54) is 23.5 Å². The van der Waals surface area contributed by atoms with Gasteiger partial charge in [0.25, 0.3) is 0 Å². The topological polar surface area (TPSA) is 65.2 Å². The molecule has 0 spiro atoms. The number of fused-ring (bicyclic) bond motifs is 1. The smallest absolute Gasteiger partial charge is 0.350 e. The molecule has 146 valence electrons. The molecule has 4 nitrogen and oxygen atoms in total. The first kappa shape index (κ1) is 19.1. The molecule has 2 aromatic heterocycles. The summed E-state index contributed by atoms with van der Waals surface area (Å²) in [4.78, 5) is 18.1. The second-order valence-corrected chi connectivity index (χ2v) is 7.67. The van der Waals surface area contributed by atoms with Gasteiger partial charge in [0.2, 0.25) is 0 Å². The van der Waals surface area contributed by atoms with Gasteiger partial charge < -0.3 is 10.5 Å². The number of rotatable bonds is 4. The third-order valence-electron chi connectivity index (χ3n) is 4.66. The molecule has 0 aliphatic rings. The van der Waals surface area contributed by atoms with Gasteiger partial charge in [-0.1, -0.05) is 42.0 Å². The van der Waals surface area contributed by atoms with Crippen LogP contribution in [0.15, 0.2) is 54.6 Å². The summed E-state index contributed by atoms with van der Waals surface area (Å²) >= 11 is 1.21. The van der Waals surface area contributed by atoms with Crippen molar-refractivity contribution in [3.63, 3.8) is 0 Å². The van der Waals surface area contributed by atoms with Crippen LogP contribution >= 0.6 is 11.3 Å². The maximum Gasteiger partial charge on any atom is 0.350 e. The highest BCUT2D eigenvalue weighted by Crippen LogP contribution is 2.41. The van der Waals surface area contributed by atoms with Gasteiger partial charge in [-0.05, 0) is 43.2 Å². The van der Waals surface area contributed by atoms with Crippen LogP contribution in [0, 0.1) is 12.7 Å². The number of carbonyl (C=O) groups is 1. The Morgan fingerprint density at radius 2 is 1.76 bits per heavy atom. The Balaban J connectivity index is 1.99. The molecular formula is C23H19FN2O2S. The lowest BCUT2D eigenvalue weighted by Gasteiger charge is -2.09. The van der Waals surface area contributed by atoms with Crippen LogP contribution in [0.5, 0.6) is 0 Å². The number of nitrogen functional groups attached to an aromatic ring is 1. The third-order valence-corrected chi connectivity index (χ3v) is 5.74. The highest BCUT2D eigenvalue weighted by Gasteiger charge is 2.22. The Labute approximate surface area is 171 Å². The van der Waals surface area contributed by atoms with Crippen molar-refractivity contribution in [1.29, 1.82) is 0 Å². The molecule has 0 amide bonds. The summed E-state index contributed by atoms with van der Waals surface area (Å²) < 4.78 is 18.6. The number of pyridine rings is 1. The molecule has 2 N–H and O–H groups in total. The summed E-state index contributed by atoms with van der Waals surface area (Å²) in [5, 5.41) is 0.681. The van der Waals surface area contributed by atoms with Crippen LogP contribution in [-0.4, -0.2) is 17.6 Å². The number of esters is 1. The SMILES string of the molecule is CCOC(=O)c1sc2nc(-c3ccc(C)cc3)cc(-c3ccc(F)cc3)c2c1N. The highest BCUT2D eigenvalue weighted by atomic mass is 32.1. The second-order valence-electron chi connectivity index (χ2n) is 6.67. The van der Waals surface area contributed by atoms with E-state index in [9.17, 15) is 9.18 Å². The van der Waals surface area contributed by atoms with Crippen LogP contribution in [0.2, 0.25) is 0 Å². The first-order valence-electron chi connectivity index (χ1n) is 9.21. The van der Waals surface area contributed by atoms with Gasteiger partial charge in [-0.2, -0.15) is 0 Å². The van der Waals surface area contributed by atoms with E-state index in [2.05, 4.69) is 0 Å². The molecule has 0 atom stereocenters. The maximum atomic E-state index is 13.5. The van der Waals surface area contributed by atoms with Crippen LogP contribution in [0.1, 0.15) is 22.2 Å². The molecule has 2 aromatic carbocycles. The molecule has 29 heavy (non-hydrogen) atoms. The van der Waals surface area contributed by atoms with E-state index in [0.29, 0.717) is 20.8 Å². The fourth-order valence-electron chi connectivity index (χ4n) is 3.20. The highest BCUT2D eigenvalue weighted by molar-refractivity contribution is 7.21. The molecular weight excluding hydrogens is 387 g/mol. The summed E-state index contributed by atoms with van der Waals surface area (Å²) in [7, 11) is 0. The van der Waals surface area contributed by atoms with Crippen LogP contribution in [-0.2, 0) is 4.74 Å². The number of hydrogen-bond donors (Lipinski definition) is 1. The number of halogens is 1. The van der Waals surface area contributed by atoms with Crippen molar-refractivity contribution < 1.29 is 13.9 Å². The van der Waals surface area contributed by atoms with E-state index in [1.54, 1.807) is 19.1 Å². The number of nitrogens with zero attached hydrogens (tertiary/aromatic N) is 1. The monoisotopic (exact) mass is 406 g/mol. The molecule has 4 aromatic rings. The van der Waals surface area contributed by atoms with E-state index in [4.69, 9.17) is 15.5 Å². The van der Waals surface area contributed by atoms with Gasteiger partial charge in [0.15, 0.2) is 0 Å². The normalized spacial score (nSPS) is 11.0. The molecule has 0 fully saturated rings. The van der Waals surface area contributed by atoms with E-state index in [1.807, 2.05) is 37.3 Å². The minimum Gasteiger partial charge on any atom is -0.462 e. The number of carbonyl (C=O) groups excluding carboxylic acids is 1. The number of aryl methyl sites for hydroxylation is 1. The number of thiophene rings is 1. The van der Waals surface area contributed by atoms with Crippen molar-refractivity contribution in [2.24, 2.45) is 0 Å². The van der Waals surface area contributed by atoms with Gasteiger partial charge >= 0.3 is 5.97 Å². The summed E-state index contributed by atoms with van der Waals surface area (Å²) in [6, 6.07) is 16.2. The number of anilines is 1. The van der Waals surface area contributed by atoms with Crippen LogP contribution < -0.4 is 5.73 Å². The first-order chi connectivity index (χ1) is 14.0. The molecule has 2 heterocycles. The minimum atomic E-state index is -0.463. The second kappa shape index (κ2) is 7.64. The molecule has 0 radical (unpaired) electrons. The van der Waals surface area contributed by atoms with Crippen molar-refractivity contribution in [2.45, 2.75) is 13.8 Å². The lowest BCUT2D eigenvalue weighted by Crippen LogP contribution is -2.04. The predicted molar refractivity (Wildman–Crippen MR) is 116 cm³/mol. The largest absolute Gasteiger partial charge is 0.462 e. The molecule has 0 aliphatic heterocycles. The predicted octanol–water partition coefficient (Wildman–Crippen LogP) is 5.84. The van der Waals surface area contributed by atoms with Crippen LogP contribution in [0.25, 0.3) is 32.6 Å². The summed E-state index contributed by atoms with van der Waals surface area (Å²) in [5.74, 6) is -0.779. The average Bonchev–Trinajstić information content (AvgIpc) is 3.05. The molecule has 0 bridgehead atoms. The van der Waals surface area contributed by atoms with E-state index in [0.717, 1.165) is 27.9 Å². The molecule has 0 unspecified atom stereocenters. The zero-order chi connectivity index (χ0) is 20.5. The number of nitrogens with two attached hydrogens (primary N) is 1. The van der Waals surface area contributed by atoms with Gasteiger partial charge in [0, 0.05) is 10.9 Å². The van der Waals surface area contributed by atoms with Crippen molar-refractivity contribution in [3.8, 4) is 22.4 Å². The van der Waals surface area contributed by atoms with E-state index >= 15 is 0 Å². The summed E-state index contributed by atoms with van der Waals surface area (Å²) in [6.45, 7) is 4.04. The van der Waals surface area contributed by atoms with Crippen LogP contribution in [0.4, 0.5) is 10.1 Å². The Bertz CT molecular complexity index is 1200. The average molecular weight is 406 g/mol. The van der Waals surface area contributed by atoms with Crippen LogP contribution in [0.3, 0.4) is 0 Å². The molecule has 6 heteroatoms. The van der Waals surface area contributed by atoms with Gasteiger partial charge in [0.1, 0.15) is 15.5 Å². The quantitative estimate of drug-likeness (QED) is 0.433. The molecule has 0 saturated heterocycles. The van der Waals surface area contributed by atoms with Crippen molar-refractivity contribution >= 4 is 33.2 Å². The van der Waals surface area contributed by atoms with Gasteiger partial charge in [-0.3, -0.25) is 0 Å². The minimum absolute atomic E-state index is 0.263.